The molecule has 1 saturated heterocycles. The molecule has 0 amide bonds. The topological polar surface area (TPSA) is 37.4 Å². The van der Waals surface area contributed by atoms with Gasteiger partial charge in [-0.15, -0.1) is 0 Å². The van der Waals surface area contributed by atoms with Gasteiger partial charge in [-0.05, 0) is 44.4 Å². The van der Waals surface area contributed by atoms with Gasteiger partial charge >= 0.3 is 0 Å². The molecule has 1 atom stereocenters. The Kier molecular flexibility index (Phi) is 5.81. The van der Waals surface area contributed by atoms with Gasteiger partial charge in [0, 0.05) is 49.6 Å². The number of aromatic nitrogens is 1. The van der Waals surface area contributed by atoms with E-state index in [0.717, 1.165) is 57.4 Å². The van der Waals surface area contributed by atoms with Crippen molar-refractivity contribution in [3.63, 3.8) is 0 Å². The van der Waals surface area contributed by atoms with Gasteiger partial charge in [-0.1, -0.05) is 0 Å². The van der Waals surface area contributed by atoms with Crippen LogP contribution in [0.3, 0.4) is 0 Å². The fourth-order valence-corrected chi connectivity index (χ4v) is 3.52. The highest BCUT2D eigenvalue weighted by Gasteiger charge is 2.20. The predicted octanol–water partition coefficient (Wildman–Crippen LogP) is 3.59. The molecule has 6 heteroatoms. The van der Waals surface area contributed by atoms with E-state index in [4.69, 9.17) is 4.74 Å². The fraction of sp³-hybridized carbons (Fsp3) is 0.526. The van der Waals surface area contributed by atoms with Gasteiger partial charge in [-0.25, -0.2) is 13.8 Å². The van der Waals surface area contributed by atoms with E-state index in [2.05, 4.69) is 15.2 Å². The monoisotopic (exact) mass is 349 g/mol. The lowest BCUT2D eigenvalue weighted by atomic mass is 9.97. The largest absolute Gasteiger partial charge is 0.384 e. The lowest BCUT2D eigenvalue weighted by Gasteiger charge is -2.32. The molecule has 1 N–H and O–H groups in total. The Morgan fingerprint density at radius 1 is 1.32 bits per heavy atom. The first-order chi connectivity index (χ1) is 12.1. The van der Waals surface area contributed by atoms with E-state index in [1.54, 1.807) is 7.11 Å². The summed E-state index contributed by atoms with van der Waals surface area (Å²) in [5.41, 5.74) is 1.68. The van der Waals surface area contributed by atoms with E-state index in [9.17, 15) is 8.78 Å². The van der Waals surface area contributed by atoms with Crippen LogP contribution in [-0.4, -0.2) is 49.8 Å². The SMILES string of the molecule is COCCN1CCCC(CNc2cc(C)nc3c(F)cc(F)cc23)C1. The van der Waals surface area contributed by atoms with Crippen LogP contribution in [0.5, 0.6) is 0 Å². The van der Waals surface area contributed by atoms with Crippen LogP contribution in [0, 0.1) is 24.5 Å². The van der Waals surface area contributed by atoms with Crippen molar-refractivity contribution in [2.45, 2.75) is 19.8 Å². The zero-order chi connectivity index (χ0) is 17.8. The molecule has 4 nitrogen and oxygen atoms in total. The number of nitrogens with zero attached hydrogens (tertiary/aromatic N) is 2. The number of benzene rings is 1. The van der Waals surface area contributed by atoms with Crippen LogP contribution < -0.4 is 5.32 Å². The summed E-state index contributed by atoms with van der Waals surface area (Å²) in [4.78, 5) is 6.63. The molecule has 0 bridgehead atoms. The highest BCUT2D eigenvalue weighted by atomic mass is 19.1. The molecule has 1 aliphatic rings. The van der Waals surface area contributed by atoms with Crippen molar-refractivity contribution >= 4 is 16.6 Å². The van der Waals surface area contributed by atoms with Crippen molar-refractivity contribution in [2.24, 2.45) is 5.92 Å². The third kappa shape index (κ3) is 4.44. The van der Waals surface area contributed by atoms with E-state index in [0.29, 0.717) is 17.0 Å². The number of methoxy groups -OCH3 is 1. The second kappa shape index (κ2) is 8.06. The Bertz CT molecular complexity index is 738. The number of aryl methyl sites for hydroxylation is 1. The highest BCUT2D eigenvalue weighted by molar-refractivity contribution is 5.91. The first-order valence-corrected chi connectivity index (χ1v) is 8.78. The quantitative estimate of drug-likeness (QED) is 0.865. The molecule has 0 spiro atoms. The Hall–Kier alpha value is -1.79. The molecule has 25 heavy (non-hydrogen) atoms. The van der Waals surface area contributed by atoms with Gasteiger partial charge < -0.3 is 15.0 Å². The molecule has 2 aromatic rings. The zero-order valence-corrected chi connectivity index (χ0v) is 14.8. The molecule has 0 radical (unpaired) electrons. The molecule has 1 aromatic heterocycles. The summed E-state index contributed by atoms with van der Waals surface area (Å²) in [5.74, 6) is -0.695. The molecule has 1 aliphatic heterocycles. The predicted molar refractivity (Wildman–Crippen MR) is 95.9 cm³/mol. The summed E-state index contributed by atoms with van der Waals surface area (Å²) in [7, 11) is 1.72. The average Bonchev–Trinajstić information content (AvgIpc) is 2.59. The van der Waals surface area contributed by atoms with Crippen LogP contribution in [0.4, 0.5) is 14.5 Å². The number of fused-ring (bicyclic) bond motifs is 1. The molecule has 0 saturated carbocycles. The van der Waals surface area contributed by atoms with E-state index in [1.165, 1.54) is 6.07 Å². The van der Waals surface area contributed by atoms with E-state index >= 15 is 0 Å². The molecular formula is C19H25F2N3O. The number of rotatable bonds is 6. The molecule has 3 rings (SSSR count). The van der Waals surface area contributed by atoms with E-state index in [-0.39, 0.29) is 5.52 Å². The van der Waals surface area contributed by atoms with Crippen molar-refractivity contribution < 1.29 is 13.5 Å². The lowest BCUT2D eigenvalue weighted by molar-refractivity contribution is 0.117. The third-order valence-corrected chi connectivity index (χ3v) is 4.76. The summed E-state index contributed by atoms with van der Waals surface area (Å²) in [5, 5.41) is 3.89. The second-order valence-electron chi connectivity index (χ2n) is 6.78. The number of piperidine rings is 1. The smallest absolute Gasteiger partial charge is 0.152 e. The Balaban J connectivity index is 1.72. The van der Waals surface area contributed by atoms with Gasteiger partial charge in [0.1, 0.15) is 11.3 Å². The maximum Gasteiger partial charge on any atom is 0.152 e. The van der Waals surface area contributed by atoms with Crippen LogP contribution in [0.1, 0.15) is 18.5 Å². The minimum atomic E-state index is -0.620. The van der Waals surface area contributed by atoms with Crippen molar-refractivity contribution in [2.75, 3.05) is 45.2 Å². The summed E-state index contributed by atoms with van der Waals surface area (Å²) in [6.07, 6.45) is 2.32. The average molecular weight is 349 g/mol. The Morgan fingerprint density at radius 3 is 2.96 bits per heavy atom. The number of halogens is 2. The van der Waals surface area contributed by atoms with Crippen LogP contribution in [0.25, 0.3) is 10.9 Å². The minimum Gasteiger partial charge on any atom is -0.384 e. The molecule has 136 valence electrons. The number of anilines is 1. The summed E-state index contributed by atoms with van der Waals surface area (Å²) in [6, 6.07) is 4.08. The van der Waals surface area contributed by atoms with Crippen LogP contribution in [0.2, 0.25) is 0 Å². The van der Waals surface area contributed by atoms with Gasteiger partial charge in [-0.2, -0.15) is 0 Å². The van der Waals surface area contributed by atoms with Gasteiger partial charge in [0.05, 0.1) is 6.61 Å². The fourth-order valence-electron chi connectivity index (χ4n) is 3.52. The van der Waals surface area contributed by atoms with Crippen LogP contribution in [-0.2, 0) is 4.74 Å². The molecule has 1 unspecified atom stereocenters. The first kappa shape index (κ1) is 18.0. The molecular weight excluding hydrogens is 324 g/mol. The Labute approximate surface area is 147 Å². The van der Waals surface area contributed by atoms with Crippen molar-refractivity contribution in [1.82, 2.24) is 9.88 Å². The van der Waals surface area contributed by atoms with Crippen molar-refractivity contribution in [1.29, 1.82) is 0 Å². The summed E-state index contributed by atoms with van der Waals surface area (Å²) < 4.78 is 32.8. The maximum absolute atomic E-state index is 14.0. The van der Waals surface area contributed by atoms with Gasteiger partial charge in [-0.3, -0.25) is 0 Å². The van der Waals surface area contributed by atoms with Crippen molar-refractivity contribution in [3.8, 4) is 0 Å². The molecule has 0 aliphatic carbocycles. The molecule has 2 heterocycles. The summed E-state index contributed by atoms with van der Waals surface area (Å²) >= 11 is 0. The Morgan fingerprint density at radius 2 is 2.16 bits per heavy atom. The van der Waals surface area contributed by atoms with E-state index < -0.39 is 11.6 Å². The standard InChI is InChI=1S/C19H25F2N3O/c1-13-8-18(16-9-15(20)10-17(21)19(16)23-13)22-11-14-4-3-5-24(12-14)6-7-25-2/h8-10,14H,3-7,11-12H2,1-2H3,(H,22,23). The minimum absolute atomic E-state index is 0.217. The lowest BCUT2D eigenvalue weighted by Crippen LogP contribution is -2.39. The number of hydrogen-bond donors (Lipinski definition) is 1. The number of ether oxygens (including phenoxy) is 1. The van der Waals surface area contributed by atoms with Crippen molar-refractivity contribution in [3.05, 3.63) is 35.5 Å². The highest BCUT2D eigenvalue weighted by Crippen LogP contribution is 2.27. The second-order valence-corrected chi connectivity index (χ2v) is 6.78. The molecule has 1 aromatic carbocycles. The number of likely N-dealkylation sites (tertiary alicyclic amines) is 1. The first-order valence-electron chi connectivity index (χ1n) is 8.78. The normalized spacial score (nSPS) is 18.6. The molecule has 1 fully saturated rings. The van der Waals surface area contributed by atoms with Crippen LogP contribution >= 0.6 is 0 Å². The number of hydrogen-bond acceptors (Lipinski definition) is 4. The summed E-state index contributed by atoms with van der Waals surface area (Å²) in [6.45, 7) is 6.41. The van der Waals surface area contributed by atoms with Crippen LogP contribution in [0.15, 0.2) is 18.2 Å². The van der Waals surface area contributed by atoms with Gasteiger partial charge in [0.25, 0.3) is 0 Å². The van der Waals surface area contributed by atoms with E-state index in [1.807, 2.05) is 13.0 Å². The van der Waals surface area contributed by atoms with Gasteiger partial charge in [0.15, 0.2) is 5.82 Å². The van der Waals surface area contributed by atoms with Gasteiger partial charge in [0.2, 0.25) is 0 Å². The maximum atomic E-state index is 14.0. The third-order valence-electron chi connectivity index (χ3n) is 4.76. The number of pyridine rings is 1. The zero-order valence-electron chi connectivity index (χ0n) is 14.8. The number of nitrogens with one attached hydrogen (secondary N) is 1.